The summed E-state index contributed by atoms with van der Waals surface area (Å²) in [5.74, 6) is -0.273. The Balaban J connectivity index is 1.75. The molecular weight excluding hydrogens is 493 g/mol. The summed E-state index contributed by atoms with van der Waals surface area (Å²) in [7, 11) is -3.38. The number of nitrogens with zero attached hydrogens (tertiary/aromatic N) is 1. The number of aromatic nitrogens is 1. The van der Waals surface area contributed by atoms with Crippen LogP contribution in [0.2, 0.25) is 0 Å². The van der Waals surface area contributed by atoms with Gasteiger partial charge in [0, 0.05) is 22.8 Å². The number of benzene rings is 1. The number of thiophene rings is 1. The number of amides is 1. The molecule has 182 valence electrons. The highest BCUT2D eigenvalue weighted by Gasteiger charge is 2.32. The molecule has 2 heterocycles. The van der Waals surface area contributed by atoms with Crippen molar-refractivity contribution in [1.29, 1.82) is 0 Å². The molecule has 2 aromatic heterocycles. The van der Waals surface area contributed by atoms with E-state index >= 15 is 0 Å². The van der Waals surface area contributed by atoms with Crippen LogP contribution in [0, 0.1) is 0 Å². The lowest BCUT2D eigenvalue weighted by atomic mass is 10.2. The summed E-state index contributed by atoms with van der Waals surface area (Å²) in [5, 5.41) is 9.81. The van der Waals surface area contributed by atoms with Crippen LogP contribution in [0.4, 0.5) is 5.13 Å². The van der Waals surface area contributed by atoms with E-state index in [4.69, 9.17) is 9.26 Å². The summed E-state index contributed by atoms with van der Waals surface area (Å²) in [6.45, 7) is 3.95. The maximum Gasteiger partial charge on any atom is 0.317 e. The zero-order chi connectivity index (χ0) is 24.4. The van der Waals surface area contributed by atoms with Gasteiger partial charge in [-0.3, -0.25) is 14.2 Å². The first kappa shape index (κ1) is 26.1. The third-order valence-electron chi connectivity index (χ3n) is 4.58. The number of carbonyl (C=O) groups excluding carboxylic acids is 2. The fourth-order valence-electron chi connectivity index (χ4n) is 3.14. The van der Waals surface area contributed by atoms with Gasteiger partial charge in [-0.15, -0.1) is 22.7 Å². The Morgan fingerprint density at radius 1 is 1.12 bits per heavy atom. The molecule has 2 N–H and O–H groups in total. The van der Waals surface area contributed by atoms with Crippen molar-refractivity contribution < 1.29 is 23.4 Å². The molecule has 0 saturated heterocycles. The van der Waals surface area contributed by atoms with Gasteiger partial charge in [-0.1, -0.05) is 31.2 Å². The number of hydrogen-bond donors (Lipinski definition) is 2. The second-order valence-electron chi connectivity index (χ2n) is 7.38. The smallest absolute Gasteiger partial charge is 0.317 e. The van der Waals surface area contributed by atoms with E-state index in [1.54, 1.807) is 36.6 Å². The third kappa shape index (κ3) is 8.06. The zero-order valence-electron chi connectivity index (χ0n) is 19.1. The molecule has 0 fully saturated rings. The number of ether oxygens (including phenoxy) is 1. The highest BCUT2D eigenvalue weighted by Crippen LogP contribution is 2.44. The van der Waals surface area contributed by atoms with Crippen molar-refractivity contribution in [2.24, 2.45) is 0 Å². The molecule has 34 heavy (non-hydrogen) atoms. The predicted molar refractivity (Wildman–Crippen MR) is 136 cm³/mol. The topological polar surface area (TPSA) is 107 Å². The summed E-state index contributed by atoms with van der Waals surface area (Å²) in [5.41, 5.74) is 0.519. The lowest BCUT2D eigenvalue weighted by molar-refractivity contribution is -0.142. The number of hydrogen-bond acceptors (Lipinski definition) is 8. The second-order valence-corrected chi connectivity index (χ2v) is 11.5. The Bertz CT molecular complexity index is 1110. The van der Waals surface area contributed by atoms with Crippen molar-refractivity contribution in [2.75, 3.05) is 18.1 Å². The van der Waals surface area contributed by atoms with Gasteiger partial charge in [0.15, 0.2) is 5.13 Å². The van der Waals surface area contributed by atoms with Crippen LogP contribution in [0.1, 0.15) is 30.8 Å². The Labute approximate surface area is 207 Å². The van der Waals surface area contributed by atoms with E-state index in [0.717, 1.165) is 4.88 Å². The number of para-hydroxylation sites is 1. The average Bonchev–Trinajstić information content (AvgIpc) is 3.46. The molecule has 2 unspecified atom stereocenters. The Morgan fingerprint density at radius 2 is 1.91 bits per heavy atom. The summed E-state index contributed by atoms with van der Waals surface area (Å²) in [6.07, 6.45) is 1.27. The van der Waals surface area contributed by atoms with E-state index in [-0.39, 0.29) is 24.5 Å². The fraction of sp³-hybridized carbons (Fsp3) is 0.348. The number of anilines is 1. The van der Waals surface area contributed by atoms with Crippen LogP contribution in [-0.2, 0) is 31.7 Å². The maximum absolute atomic E-state index is 13.7. The van der Waals surface area contributed by atoms with Gasteiger partial charge in [-0.2, -0.15) is 0 Å². The molecule has 0 aliphatic carbocycles. The quantitative estimate of drug-likeness (QED) is 0.237. The van der Waals surface area contributed by atoms with Gasteiger partial charge in [-0.25, -0.2) is 10.1 Å². The van der Waals surface area contributed by atoms with Crippen LogP contribution in [-0.4, -0.2) is 35.7 Å². The number of thiazole rings is 1. The van der Waals surface area contributed by atoms with E-state index in [9.17, 15) is 14.2 Å². The predicted octanol–water partition coefficient (Wildman–Crippen LogP) is 5.13. The van der Waals surface area contributed by atoms with Crippen LogP contribution >= 0.6 is 30.2 Å². The van der Waals surface area contributed by atoms with Crippen molar-refractivity contribution in [3.8, 4) is 5.75 Å². The van der Waals surface area contributed by atoms with Gasteiger partial charge in [0.1, 0.15) is 11.8 Å². The molecule has 1 aromatic carbocycles. The van der Waals surface area contributed by atoms with Crippen molar-refractivity contribution in [2.45, 2.75) is 39.2 Å². The van der Waals surface area contributed by atoms with Crippen LogP contribution in [0.15, 0.2) is 53.2 Å². The number of nitrogens with one attached hydrogen (secondary N) is 2. The Kier molecular flexibility index (Phi) is 9.83. The molecule has 0 aliphatic heterocycles. The third-order valence-corrected chi connectivity index (χ3v) is 8.53. The van der Waals surface area contributed by atoms with Gasteiger partial charge in [0.25, 0.3) is 0 Å². The monoisotopic (exact) mass is 521 g/mol. The second kappa shape index (κ2) is 12.8. The molecule has 0 spiro atoms. The van der Waals surface area contributed by atoms with E-state index in [1.165, 1.54) is 22.7 Å². The average molecular weight is 522 g/mol. The summed E-state index contributed by atoms with van der Waals surface area (Å²) < 4.78 is 24.5. The van der Waals surface area contributed by atoms with E-state index in [1.807, 2.05) is 30.5 Å². The molecule has 0 aliphatic rings. The Morgan fingerprint density at radius 3 is 2.59 bits per heavy atom. The first-order valence-electron chi connectivity index (χ1n) is 11.0. The molecule has 11 heteroatoms. The minimum Gasteiger partial charge on any atom is -0.466 e. The summed E-state index contributed by atoms with van der Waals surface area (Å²) in [6, 6.07) is 12.0. The molecular formula is C23H28N3O5PS2. The van der Waals surface area contributed by atoms with Gasteiger partial charge in [-0.05, 0) is 36.9 Å². The van der Waals surface area contributed by atoms with Gasteiger partial charge in [0.05, 0.1) is 18.7 Å². The molecule has 0 radical (unpaired) electrons. The molecule has 3 rings (SSSR count). The molecule has 0 saturated carbocycles. The first-order chi connectivity index (χ1) is 16.4. The van der Waals surface area contributed by atoms with Crippen LogP contribution in [0.5, 0.6) is 5.75 Å². The minimum atomic E-state index is -3.38. The van der Waals surface area contributed by atoms with Gasteiger partial charge >= 0.3 is 13.5 Å². The highest BCUT2D eigenvalue weighted by molar-refractivity contribution is 7.57. The lowest BCUT2D eigenvalue weighted by Crippen LogP contribution is -2.41. The standard InChI is InChI=1S/C23H28N3O5PS2/c1-3-12-32(29,31-18-9-6-5-7-10-18)26-20(15-19-11-8-13-33-19)22(28)25-23-24-17(16-34-23)14-21(27)30-4-2/h5-11,13,16,20H,3-4,12,14-15H2,1-2H3,(H,26,29)(H,24,25,28). The molecule has 8 nitrogen and oxygen atoms in total. The Hall–Kier alpha value is -2.52. The SMILES string of the molecule is CCCP(=O)(NC(Cc1cccs1)C(=O)Nc1nc(CC(=O)OCC)cs1)Oc1ccccc1. The van der Waals surface area contributed by atoms with Crippen molar-refractivity contribution in [1.82, 2.24) is 10.1 Å². The normalized spacial score (nSPS) is 13.6. The van der Waals surface area contributed by atoms with E-state index in [2.05, 4.69) is 15.4 Å². The number of rotatable bonds is 13. The van der Waals surface area contributed by atoms with Gasteiger partial charge < -0.3 is 14.6 Å². The van der Waals surface area contributed by atoms with Crippen LogP contribution in [0.3, 0.4) is 0 Å². The molecule has 3 aromatic rings. The van der Waals surface area contributed by atoms with E-state index < -0.39 is 13.6 Å². The number of carbonyl (C=O) groups is 2. The number of esters is 1. The summed E-state index contributed by atoms with van der Waals surface area (Å²) in [4.78, 5) is 30.2. The van der Waals surface area contributed by atoms with Crippen LogP contribution < -0.4 is 14.9 Å². The largest absolute Gasteiger partial charge is 0.466 e. The maximum atomic E-state index is 13.7. The minimum absolute atomic E-state index is 0.0354. The lowest BCUT2D eigenvalue weighted by Gasteiger charge is -2.25. The fourth-order valence-corrected chi connectivity index (χ4v) is 6.62. The van der Waals surface area contributed by atoms with E-state index in [0.29, 0.717) is 36.0 Å². The summed E-state index contributed by atoms with van der Waals surface area (Å²) >= 11 is 2.74. The molecule has 0 bridgehead atoms. The van der Waals surface area contributed by atoms with Gasteiger partial charge in [0.2, 0.25) is 5.91 Å². The zero-order valence-corrected chi connectivity index (χ0v) is 21.6. The molecule has 2 atom stereocenters. The van der Waals surface area contributed by atoms with Crippen molar-refractivity contribution in [3.63, 3.8) is 0 Å². The first-order valence-corrected chi connectivity index (χ1v) is 14.5. The van der Waals surface area contributed by atoms with Crippen molar-refractivity contribution >= 4 is 47.2 Å². The van der Waals surface area contributed by atoms with Crippen molar-refractivity contribution in [3.05, 3.63) is 63.8 Å². The van der Waals surface area contributed by atoms with Crippen LogP contribution in [0.25, 0.3) is 0 Å². The highest BCUT2D eigenvalue weighted by atomic mass is 32.1. The molecule has 1 amide bonds.